The second-order valence-electron chi connectivity index (χ2n) is 5.28. The molecule has 0 fully saturated rings. The number of amides is 1. The maximum atomic E-state index is 11.9. The molecule has 1 rings (SSSR count). The first-order valence-electron chi connectivity index (χ1n) is 7.22. The van der Waals surface area contributed by atoms with E-state index in [1.165, 1.54) is 0 Å². The monoisotopic (exact) mass is 290 g/mol. The summed E-state index contributed by atoms with van der Waals surface area (Å²) in [5.41, 5.74) is 1.85. The Kier molecular flexibility index (Phi) is 6.72. The Morgan fingerprint density at radius 3 is 2.48 bits per heavy atom. The molecule has 0 saturated carbocycles. The molecule has 5 heteroatoms. The van der Waals surface area contributed by atoms with Crippen molar-refractivity contribution in [2.24, 2.45) is 4.99 Å². The normalized spacial score (nSPS) is 11.2. The highest BCUT2D eigenvalue weighted by molar-refractivity contribution is 5.94. The molecule has 0 radical (unpaired) electrons. The Morgan fingerprint density at radius 1 is 1.19 bits per heavy atom. The van der Waals surface area contributed by atoms with Gasteiger partial charge in [-0.3, -0.25) is 9.79 Å². The Balaban J connectivity index is 2.69. The summed E-state index contributed by atoms with van der Waals surface area (Å²) in [6.45, 7) is 3.60. The first-order valence-corrected chi connectivity index (χ1v) is 7.22. The molecule has 0 aliphatic rings. The van der Waals surface area contributed by atoms with E-state index in [2.05, 4.69) is 17.2 Å². The quantitative estimate of drug-likeness (QED) is 0.660. The van der Waals surface area contributed by atoms with Crippen molar-refractivity contribution in [1.82, 2.24) is 15.1 Å². The van der Waals surface area contributed by atoms with Gasteiger partial charge in [0.05, 0.1) is 0 Å². The molecule has 0 heterocycles. The number of hydrogen-bond acceptors (Lipinski definition) is 2. The number of nitrogens with one attached hydrogen (secondary N) is 1. The third kappa shape index (κ3) is 5.45. The summed E-state index contributed by atoms with van der Waals surface area (Å²) in [5.74, 6) is 0.917. The molecule has 1 N–H and O–H groups in total. The Morgan fingerprint density at radius 2 is 1.90 bits per heavy atom. The summed E-state index contributed by atoms with van der Waals surface area (Å²) in [7, 11) is 7.47. The molecule has 0 spiro atoms. The van der Waals surface area contributed by atoms with Crippen LogP contribution >= 0.6 is 0 Å². The molecular weight excluding hydrogens is 264 g/mol. The average Bonchev–Trinajstić information content (AvgIpc) is 2.45. The molecule has 0 aliphatic heterocycles. The Hall–Kier alpha value is -2.04. The van der Waals surface area contributed by atoms with Crippen LogP contribution < -0.4 is 5.32 Å². The van der Waals surface area contributed by atoms with Gasteiger partial charge >= 0.3 is 0 Å². The first-order chi connectivity index (χ1) is 9.95. The molecule has 1 aromatic rings. The number of carbonyl (C=O) groups excluding carboxylic acids is 1. The molecule has 1 amide bonds. The van der Waals surface area contributed by atoms with Crippen LogP contribution in [0.15, 0.2) is 29.3 Å². The van der Waals surface area contributed by atoms with E-state index in [1.54, 1.807) is 19.0 Å². The van der Waals surface area contributed by atoms with Crippen molar-refractivity contribution in [3.63, 3.8) is 0 Å². The van der Waals surface area contributed by atoms with Gasteiger partial charge in [0.15, 0.2) is 5.96 Å². The van der Waals surface area contributed by atoms with Crippen LogP contribution in [0.4, 0.5) is 0 Å². The minimum Gasteiger partial charge on any atom is -0.357 e. The van der Waals surface area contributed by atoms with Crippen molar-refractivity contribution >= 4 is 11.9 Å². The van der Waals surface area contributed by atoms with Crippen LogP contribution in [-0.4, -0.2) is 62.9 Å². The summed E-state index contributed by atoms with van der Waals surface area (Å²) >= 11 is 0. The fourth-order valence-corrected chi connectivity index (χ4v) is 1.92. The average molecular weight is 290 g/mol. The van der Waals surface area contributed by atoms with Gasteiger partial charge in [-0.05, 0) is 31.0 Å². The highest BCUT2D eigenvalue weighted by atomic mass is 16.2. The molecule has 1 aromatic carbocycles. The molecule has 116 valence electrons. The van der Waals surface area contributed by atoms with Crippen molar-refractivity contribution in [3.05, 3.63) is 35.4 Å². The third-order valence-electron chi connectivity index (χ3n) is 3.00. The van der Waals surface area contributed by atoms with Crippen LogP contribution in [-0.2, 0) is 6.42 Å². The number of nitrogens with zero attached hydrogens (tertiary/aromatic N) is 3. The molecule has 0 aromatic heterocycles. The summed E-state index contributed by atoms with van der Waals surface area (Å²) in [6, 6.07) is 7.75. The number of hydrogen-bond donors (Lipinski definition) is 1. The molecule has 0 unspecified atom stereocenters. The van der Waals surface area contributed by atoms with Crippen molar-refractivity contribution in [2.45, 2.75) is 13.3 Å². The van der Waals surface area contributed by atoms with E-state index in [4.69, 9.17) is 0 Å². The Bertz CT molecular complexity index is 495. The Labute approximate surface area is 127 Å². The lowest BCUT2D eigenvalue weighted by molar-refractivity contribution is 0.0827. The molecule has 0 atom stereocenters. The number of carbonyl (C=O) groups is 1. The van der Waals surface area contributed by atoms with Gasteiger partial charge in [-0.25, -0.2) is 0 Å². The fraction of sp³-hybridized carbons (Fsp3) is 0.500. The van der Waals surface area contributed by atoms with Crippen molar-refractivity contribution in [2.75, 3.05) is 41.3 Å². The van der Waals surface area contributed by atoms with Crippen LogP contribution in [0.5, 0.6) is 0 Å². The summed E-state index contributed by atoms with van der Waals surface area (Å²) < 4.78 is 0. The van der Waals surface area contributed by atoms with Crippen LogP contribution in [0.3, 0.4) is 0 Å². The highest BCUT2D eigenvalue weighted by Crippen LogP contribution is 2.08. The van der Waals surface area contributed by atoms with E-state index in [-0.39, 0.29) is 5.91 Å². The minimum atomic E-state index is 0.0296. The van der Waals surface area contributed by atoms with Gasteiger partial charge in [0.2, 0.25) is 0 Å². The fourth-order valence-electron chi connectivity index (χ4n) is 1.92. The topological polar surface area (TPSA) is 47.9 Å². The van der Waals surface area contributed by atoms with E-state index in [0.29, 0.717) is 6.54 Å². The van der Waals surface area contributed by atoms with Gasteiger partial charge in [0.25, 0.3) is 5.91 Å². The predicted molar refractivity (Wildman–Crippen MR) is 87.8 cm³/mol. The number of rotatable bonds is 5. The van der Waals surface area contributed by atoms with Crippen molar-refractivity contribution in [3.8, 4) is 0 Å². The second-order valence-corrected chi connectivity index (χ2v) is 5.28. The zero-order valence-electron chi connectivity index (χ0n) is 13.7. The molecular formula is C16H26N4O. The van der Waals surface area contributed by atoms with Crippen LogP contribution in [0.1, 0.15) is 22.8 Å². The first kappa shape index (κ1) is 17.0. The maximum Gasteiger partial charge on any atom is 0.253 e. The number of guanidine groups is 1. The zero-order chi connectivity index (χ0) is 15.8. The molecule has 5 nitrogen and oxygen atoms in total. The van der Waals surface area contributed by atoms with Gasteiger partial charge in [-0.15, -0.1) is 0 Å². The maximum absolute atomic E-state index is 11.9. The minimum absolute atomic E-state index is 0.0296. The van der Waals surface area contributed by atoms with E-state index < -0.39 is 0 Å². The number of benzene rings is 1. The summed E-state index contributed by atoms with van der Waals surface area (Å²) in [5, 5.41) is 3.23. The molecule has 21 heavy (non-hydrogen) atoms. The van der Waals surface area contributed by atoms with Gasteiger partial charge in [-0.2, -0.15) is 0 Å². The van der Waals surface area contributed by atoms with Crippen molar-refractivity contribution < 1.29 is 4.79 Å². The smallest absolute Gasteiger partial charge is 0.253 e. The molecule has 0 saturated heterocycles. The highest BCUT2D eigenvalue weighted by Gasteiger charge is 2.08. The standard InChI is InChI=1S/C16H26N4O/c1-6-17-16(20(4)5)18-11-10-13-8-7-9-14(12-13)15(21)19(2)3/h7-9,12H,6,10-11H2,1-5H3,(H,17,18). The third-order valence-corrected chi connectivity index (χ3v) is 3.00. The lowest BCUT2D eigenvalue weighted by atomic mass is 10.1. The van der Waals surface area contributed by atoms with Gasteiger partial charge in [-0.1, -0.05) is 12.1 Å². The van der Waals surface area contributed by atoms with Gasteiger partial charge in [0.1, 0.15) is 0 Å². The van der Waals surface area contributed by atoms with Gasteiger partial charge in [0, 0.05) is 46.8 Å². The van der Waals surface area contributed by atoms with E-state index in [0.717, 1.165) is 30.1 Å². The zero-order valence-corrected chi connectivity index (χ0v) is 13.7. The van der Waals surface area contributed by atoms with E-state index >= 15 is 0 Å². The SMILES string of the molecule is CCNC(=NCCc1cccc(C(=O)N(C)C)c1)N(C)C. The second kappa shape index (κ2) is 8.29. The van der Waals surface area contributed by atoms with E-state index in [9.17, 15) is 4.79 Å². The van der Waals surface area contributed by atoms with Gasteiger partial charge < -0.3 is 15.1 Å². The van der Waals surface area contributed by atoms with Crippen molar-refractivity contribution in [1.29, 1.82) is 0 Å². The number of aliphatic imine (C=N–C) groups is 1. The predicted octanol–water partition coefficient (Wildman–Crippen LogP) is 1.46. The summed E-state index contributed by atoms with van der Waals surface area (Å²) in [4.78, 5) is 20.0. The van der Waals surface area contributed by atoms with Crippen LogP contribution in [0.25, 0.3) is 0 Å². The molecule has 0 bridgehead atoms. The lowest BCUT2D eigenvalue weighted by Gasteiger charge is -2.16. The lowest BCUT2D eigenvalue weighted by Crippen LogP contribution is -2.36. The molecule has 0 aliphatic carbocycles. The summed E-state index contributed by atoms with van der Waals surface area (Å²) in [6.07, 6.45) is 0.817. The van der Waals surface area contributed by atoms with Crippen LogP contribution in [0.2, 0.25) is 0 Å². The van der Waals surface area contributed by atoms with E-state index in [1.807, 2.05) is 43.3 Å². The largest absolute Gasteiger partial charge is 0.357 e. The van der Waals surface area contributed by atoms with Crippen LogP contribution in [0, 0.1) is 0 Å².